The van der Waals surface area contributed by atoms with Gasteiger partial charge in [0.1, 0.15) is 5.01 Å². The number of nitrogens with zero attached hydrogens (tertiary/aromatic N) is 1. The predicted molar refractivity (Wildman–Crippen MR) is 77.8 cm³/mol. The average Bonchev–Trinajstić information content (AvgIpc) is 2.94. The molecule has 102 valence electrons. The van der Waals surface area contributed by atoms with Crippen LogP contribution in [-0.4, -0.2) is 16.1 Å². The molecule has 0 aliphatic rings. The van der Waals surface area contributed by atoms with Crippen molar-refractivity contribution in [2.45, 2.75) is 32.9 Å². The Morgan fingerprint density at radius 2 is 2.16 bits per heavy atom. The van der Waals surface area contributed by atoms with Gasteiger partial charge in [0, 0.05) is 27.4 Å². The van der Waals surface area contributed by atoms with E-state index in [0.29, 0.717) is 0 Å². The number of aryl methyl sites for hydroxylation is 1. The van der Waals surface area contributed by atoms with Crippen LogP contribution >= 0.6 is 22.7 Å². The first kappa shape index (κ1) is 14.2. The smallest absolute Gasteiger partial charge is 0.308 e. The van der Waals surface area contributed by atoms with E-state index in [0.717, 1.165) is 21.3 Å². The number of carboxylic acid groups (broad SMARTS) is 1. The van der Waals surface area contributed by atoms with Crippen LogP contribution in [-0.2, 0) is 17.8 Å². The number of aliphatic carboxylic acids is 1. The number of thiazole rings is 1. The molecule has 0 amide bonds. The highest BCUT2D eigenvalue weighted by Gasteiger charge is 2.10. The van der Waals surface area contributed by atoms with Gasteiger partial charge in [-0.25, -0.2) is 4.98 Å². The van der Waals surface area contributed by atoms with Crippen molar-refractivity contribution in [1.29, 1.82) is 0 Å². The Kier molecular flexibility index (Phi) is 4.68. The summed E-state index contributed by atoms with van der Waals surface area (Å²) in [6, 6.07) is 4.08. The summed E-state index contributed by atoms with van der Waals surface area (Å²) in [7, 11) is 0. The lowest BCUT2D eigenvalue weighted by Crippen LogP contribution is -2.17. The molecule has 19 heavy (non-hydrogen) atoms. The summed E-state index contributed by atoms with van der Waals surface area (Å²) in [6.07, 6.45) is 1.99. The molecule has 0 bridgehead atoms. The maximum absolute atomic E-state index is 10.6. The summed E-state index contributed by atoms with van der Waals surface area (Å²) in [6.45, 7) is 4.87. The van der Waals surface area contributed by atoms with E-state index in [2.05, 4.69) is 17.2 Å². The third-order valence-electron chi connectivity index (χ3n) is 2.63. The minimum absolute atomic E-state index is 0.103. The molecule has 0 saturated carbocycles. The van der Waals surface area contributed by atoms with Crippen molar-refractivity contribution in [2.24, 2.45) is 0 Å². The summed E-state index contributed by atoms with van der Waals surface area (Å²) in [4.78, 5) is 18.2. The van der Waals surface area contributed by atoms with Gasteiger partial charge in [-0.3, -0.25) is 4.79 Å². The summed E-state index contributed by atoms with van der Waals surface area (Å²) in [5.74, 6) is -0.784. The predicted octanol–water partition coefficient (Wildman–Crippen LogP) is 2.99. The first-order chi connectivity index (χ1) is 9.04. The zero-order chi connectivity index (χ0) is 13.8. The van der Waals surface area contributed by atoms with Crippen LogP contribution in [0.1, 0.15) is 32.6 Å². The normalized spacial score (nSPS) is 12.5. The van der Waals surface area contributed by atoms with Crippen LogP contribution in [0.4, 0.5) is 0 Å². The second kappa shape index (κ2) is 6.27. The lowest BCUT2D eigenvalue weighted by Gasteiger charge is -2.09. The number of thiophene rings is 1. The summed E-state index contributed by atoms with van der Waals surface area (Å²) >= 11 is 3.24. The quantitative estimate of drug-likeness (QED) is 0.860. The van der Waals surface area contributed by atoms with Crippen LogP contribution in [0.2, 0.25) is 0 Å². The first-order valence-corrected chi connectivity index (χ1v) is 7.63. The standard InChI is InChI=1S/C13H16N2O2S2/c1-8-6-15-13(18-8)9(2)14-7-11-4-3-10(19-11)5-12(16)17/h3-4,6,9,14H,5,7H2,1-2H3,(H,16,17). The van der Waals surface area contributed by atoms with Crippen LogP contribution in [0.25, 0.3) is 0 Å². The fourth-order valence-corrected chi connectivity index (χ4v) is 3.44. The van der Waals surface area contributed by atoms with Crippen molar-refractivity contribution < 1.29 is 9.90 Å². The molecule has 0 aliphatic carbocycles. The molecular weight excluding hydrogens is 280 g/mol. The number of hydrogen-bond donors (Lipinski definition) is 2. The van der Waals surface area contributed by atoms with E-state index in [1.807, 2.05) is 25.3 Å². The third-order valence-corrected chi connectivity index (χ3v) is 4.82. The third kappa shape index (κ3) is 4.12. The lowest BCUT2D eigenvalue weighted by molar-refractivity contribution is -0.136. The number of aromatic nitrogens is 1. The summed E-state index contributed by atoms with van der Waals surface area (Å²) in [5.41, 5.74) is 0. The van der Waals surface area contributed by atoms with Gasteiger partial charge in [0.15, 0.2) is 0 Å². The van der Waals surface area contributed by atoms with E-state index in [1.54, 1.807) is 22.7 Å². The fourth-order valence-electron chi connectivity index (χ4n) is 1.67. The van der Waals surface area contributed by atoms with Gasteiger partial charge in [0.05, 0.1) is 12.5 Å². The van der Waals surface area contributed by atoms with Crippen molar-refractivity contribution in [3.8, 4) is 0 Å². The minimum atomic E-state index is -0.784. The van der Waals surface area contributed by atoms with Crippen LogP contribution in [0.5, 0.6) is 0 Å². The molecule has 4 nitrogen and oxygen atoms in total. The van der Waals surface area contributed by atoms with Gasteiger partial charge in [0.25, 0.3) is 0 Å². The van der Waals surface area contributed by atoms with Crippen LogP contribution in [0.3, 0.4) is 0 Å². The maximum atomic E-state index is 10.6. The molecule has 2 heterocycles. The van der Waals surface area contributed by atoms with Crippen molar-refractivity contribution in [2.75, 3.05) is 0 Å². The van der Waals surface area contributed by atoms with Gasteiger partial charge in [0.2, 0.25) is 0 Å². The highest BCUT2D eigenvalue weighted by atomic mass is 32.1. The second-order valence-electron chi connectivity index (χ2n) is 4.35. The molecule has 6 heteroatoms. The summed E-state index contributed by atoms with van der Waals surface area (Å²) < 4.78 is 0. The first-order valence-electron chi connectivity index (χ1n) is 5.99. The van der Waals surface area contributed by atoms with Gasteiger partial charge >= 0.3 is 5.97 Å². The van der Waals surface area contributed by atoms with Crippen LogP contribution in [0, 0.1) is 6.92 Å². The molecule has 0 saturated heterocycles. The largest absolute Gasteiger partial charge is 0.481 e. The van der Waals surface area contributed by atoms with E-state index >= 15 is 0 Å². The molecule has 0 fully saturated rings. The molecule has 0 spiro atoms. The van der Waals surface area contributed by atoms with Crippen molar-refractivity contribution >= 4 is 28.6 Å². The van der Waals surface area contributed by atoms with E-state index in [1.165, 1.54) is 4.88 Å². The molecule has 0 aromatic carbocycles. The number of rotatable bonds is 6. The summed E-state index contributed by atoms with van der Waals surface area (Å²) in [5, 5.41) is 13.2. The molecule has 2 aromatic heterocycles. The highest BCUT2D eigenvalue weighted by molar-refractivity contribution is 7.12. The maximum Gasteiger partial charge on any atom is 0.308 e. The Morgan fingerprint density at radius 1 is 1.42 bits per heavy atom. The monoisotopic (exact) mass is 296 g/mol. The van der Waals surface area contributed by atoms with Crippen molar-refractivity contribution in [1.82, 2.24) is 10.3 Å². The Bertz CT molecular complexity index is 562. The van der Waals surface area contributed by atoms with Crippen LogP contribution in [0.15, 0.2) is 18.3 Å². The van der Waals surface area contributed by atoms with Gasteiger partial charge in [-0.05, 0) is 26.0 Å². The van der Waals surface area contributed by atoms with Gasteiger partial charge in [-0.2, -0.15) is 0 Å². The topological polar surface area (TPSA) is 62.2 Å². The number of hydrogen-bond acceptors (Lipinski definition) is 5. The molecular formula is C13H16N2O2S2. The second-order valence-corrected chi connectivity index (χ2v) is 6.87. The van der Waals surface area contributed by atoms with E-state index in [9.17, 15) is 4.79 Å². The fraction of sp³-hybridized carbons (Fsp3) is 0.385. The zero-order valence-electron chi connectivity index (χ0n) is 10.8. The number of nitrogens with one attached hydrogen (secondary N) is 1. The Labute approximate surface area is 120 Å². The average molecular weight is 296 g/mol. The van der Waals surface area contributed by atoms with Crippen LogP contribution < -0.4 is 5.32 Å². The molecule has 1 unspecified atom stereocenters. The van der Waals surface area contributed by atoms with Gasteiger partial charge < -0.3 is 10.4 Å². The number of carboxylic acids is 1. The highest BCUT2D eigenvalue weighted by Crippen LogP contribution is 2.21. The Morgan fingerprint density at radius 3 is 2.79 bits per heavy atom. The molecule has 2 N–H and O–H groups in total. The Balaban J connectivity index is 1.88. The van der Waals surface area contributed by atoms with Crippen molar-refractivity contribution in [3.05, 3.63) is 38.0 Å². The van der Waals surface area contributed by atoms with E-state index in [4.69, 9.17) is 5.11 Å². The molecule has 1 atom stereocenters. The van der Waals surface area contributed by atoms with Gasteiger partial charge in [-0.15, -0.1) is 22.7 Å². The molecule has 2 rings (SSSR count). The van der Waals surface area contributed by atoms with E-state index in [-0.39, 0.29) is 12.5 Å². The van der Waals surface area contributed by atoms with Gasteiger partial charge in [-0.1, -0.05) is 0 Å². The lowest BCUT2D eigenvalue weighted by atomic mass is 10.3. The molecule has 2 aromatic rings. The Hall–Kier alpha value is -1.24. The van der Waals surface area contributed by atoms with Crippen molar-refractivity contribution in [3.63, 3.8) is 0 Å². The zero-order valence-corrected chi connectivity index (χ0v) is 12.5. The number of carbonyl (C=O) groups is 1. The SMILES string of the molecule is Cc1cnc(C(C)NCc2ccc(CC(=O)O)s2)s1. The minimum Gasteiger partial charge on any atom is -0.481 e. The molecule has 0 aliphatic heterocycles. The van der Waals surface area contributed by atoms with E-state index < -0.39 is 5.97 Å². The molecule has 0 radical (unpaired) electrons.